The fourth-order valence-electron chi connectivity index (χ4n) is 2.29. The Kier molecular flexibility index (Phi) is 6.22. The smallest absolute Gasteiger partial charge is 0.269 e. The zero-order chi connectivity index (χ0) is 16.7. The third-order valence-corrected chi connectivity index (χ3v) is 3.30. The van der Waals surface area contributed by atoms with E-state index in [1.807, 2.05) is 20.8 Å². The molecule has 124 valence electrons. The number of hydrogen-bond donors (Lipinski definition) is 1. The molecule has 2 aromatic heterocycles. The van der Waals surface area contributed by atoms with Crippen LogP contribution < -0.4 is 5.32 Å². The van der Waals surface area contributed by atoms with Gasteiger partial charge in [-0.2, -0.15) is 5.10 Å². The average Bonchev–Trinajstić information content (AvgIpc) is 2.89. The highest BCUT2D eigenvalue weighted by atomic mass is 16.5. The number of carbonyl (C=O) groups excluding carboxylic acids is 1. The molecular weight excluding hydrogens is 294 g/mol. The van der Waals surface area contributed by atoms with Gasteiger partial charge in [-0.25, -0.2) is 0 Å². The SMILES string of the molecule is CCOCCn1nc(C)cc1C(=O)N[C@@H](C)Cc1cnccn1. The lowest BCUT2D eigenvalue weighted by molar-refractivity contribution is 0.0922. The van der Waals surface area contributed by atoms with Gasteiger partial charge in [-0.1, -0.05) is 0 Å². The summed E-state index contributed by atoms with van der Waals surface area (Å²) >= 11 is 0. The molecule has 0 spiro atoms. The molecule has 0 aliphatic rings. The summed E-state index contributed by atoms with van der Waals surface area (Å²) in [6.45, 7) is 7.50. The molecule has 2 heterocycles. The van der Waals surface area contributed by atoms with Crippen LogP contribution in [-0.2, 0) is 17.7 Å². The van der Waals surface area contributed by atoms with Gasteiger partial charge in [0.15, 0.2) is 0 Å². The van der Waals surface area contributed by atoms with E-state index in [9.17, 15) is 4.79 Å². The summed E-state index contributed by atoms with van der Waals surface area (Å²) in [7, 11) is 0. The molecule has 0 aliphatic heterocycles. The molecular formula is C16H23N5O2. The predicted octanol–water partition coefficient (Wildman–Crippen LogP) is 1.38. The van der Waals surface area contributed by atoms with Crippen LogP contribution in [0.2, 0.25) is 0 Å². The van der Waals surface area contributed by atoms with Crippen molar-refractivity contribution in [2.24, 2.45) is 0 Å². The number of nitrogens with zero attached hydrogens (tertiary/aromatic N) is 4. The van der Waals surface area contributed by atoms with E-state index in [0.717, 1.165) is 11.4 Å². The van der Waals surface area contributed by atoms with Crippen LogP contribution in [0.25, 0.3) is 0 Å². The molecule has 0 unspecified atom stereocenters. The second-order valence-electron chi connectivity index (χ2n) is 5.37. The fourth-order valence-corrected chi connectivity index (χ4v) is 2.29. The van der Waals surface area contributed by atoms with Crippen molar-refractivity contribution in [1.82, 2.24) is 25.1 Å². The second-order valence-corrected chi connectivity index (χ2v) is 5.37. The Balaban J connectivity index is 1.97. The van der Waals surface area contributed by atoms with Crippen LogP contribution in [-0.4, -0.2) is 44.9 Å². The molecule has 2 rings (SSSR count). The Morgan fingerprint density at radius 3 is 2.96 bits per heavy atom. The number of hydrogen-bond acceptors (Lipinski definition) is 5. The first-order valence-electron chi connectivity index (χ1n) is 7.78. The zero-order valence-corrected chi connectivity index (χ0v) is 13.8. The highest BCUT2D eigenvalue weighted by Gasteiger charge is 2.16. The molecule has 0 aromatic carbocycles. The van der Waals surface area contributed by atoms with Crippen molar-refractivity contribution in [2.75, 3.05) is 13.2 Å². The summed E-state index contributed by atoms with van der Waals surface area (Å²) in [4.78, 5) is 20.7. The number of amides is 1. The van der Waals surface area contributed by atoms with E-state index in [-0.39, 0.29) is 11.9 Å². The number of aryl methyl sites for hydroxylation is 1. The molecule has 0 saturated heterocycles. The molecule has 7 heteroatoms. The third-order valence-electron chi connectivity index (χ3n) is 3.30. The number of nitrogens with one attached hydrogen (secondary N) is 1. The van der Waals surface area contributed by atoms with E-state index in [4.69, 9.17) is 4.74 Å². The summed E-state index contributed by atoms with van der Waals surface area (Å²) in [6, 6.07) is 1.74. The summed E-state index contributed by atoms with van der Waals surface area (Å²) in [5.41, 5.74) is 2.21. The van der Waals surface area contributed by atoms with Gasteiger partial charge in [0.2, 0.25) is 0 Å². The lowest BCUT2D eigenvalue weighted by Gasteiger charge is -2.14. The normalized spacial score (nSPS) is 12.1. The van der Waals surface area contributed by atoms with E-state index in [1.165, 1.54) is 0 Å². The minimum absolute atomic E-state index is 0.0465. The lowest BCUT2D eigenvalue weighted by atomic mass is 10.2. The molecule has 0 aliphatic carbocycles. The average molecular weight is 317 g/mol. The van der Waals surface area contributed by atoms with Gasteiger partial charge in [0.1, 0.15) is 5.69 Å². The first-order valence-corrected chi connectivity index (χ1v) is 7.78. The van der Waals surface area contributed by atoms with Gasteiger partial charge in [-0.3, -0.25) is 19.4 Å². The van der Waals surface area contributed by atoms with E-state index in [1.54, 1.807) is 29.3 Å². The van der Waals surface area contributed by atoms with Crippen LogP contribution in [0.5, 0.6) is 0 Å². The van der Waals surface area contributed by atoms with Gasteiger partial charge in [0, 0.05) is 37.7 Å². The standard InChI is InChI=1S/C16H23N5O2/c1-4-23-8-7-21-15(10-13(3)20-21)16(22)19-12(2)9-14-11-17-5-6-18-14/h5-6,10-12H,4,7-9H2,1-3H3,(H,19,22)/t12-/m0/s1. The van der Waals surface area contributed by atoms with Gasteiger partial charge < -0.3 is 10.1 Å². The Morgan fingerprint density at radius 2 is 2.26 bits per heavy atom. The van der Waals surface area contributed by atoms with Crippen LogP contribution in [0.4, 0.5) is 0 Å². The van der Waals surface area contributed by atoms with Crippen LogP contribution >= 0.6 is 0 Å². The highest BCUT2D eigenvalue weighted by molar-refractivity contribution is 5.92. The Hall–Kier alpha value is -2.28. The topological polar surface area (TPSA) is 81.9 Å². The van der Waals surface area contributed by atoms with Crippen molar-refractivity contribution >= 4 is 5.91 Å². The molecule has 1 N–H and O–H groups in total. The minimum atomic E-state index is -0.140. The largest absolute Gasteiger partial charge is 0.380 e. The van der Waals surface area contributed by atoms with Crippen molar-refractivity contribution in [2.45, 2.75) is 39.8 Å². The Morgan fingerprint density at radius 1 is 1.43 bits per heavy atom. The highest BCUT2D eigenvalue weighted by Crippen LogP contribution is 2.06. The van der Waals surface area contributed by atoms with Crippen molar-refractivity contribution in [3.05, 3.63) is 41.7 Å². The number of ether oxygens (including phenoxy) is 1. The zero-order valence-electron chi connectivity index (χ0n) is 13.8. The first-order chi connectivity index (χ1) is 11.1. The van der Waals surface area contributed by atoms with E-state index >= 15 is 0 Å². The summed E-state index contributed by atoms with van der Waals surface area (Å²) in [5, 5.41) is 7.33. The van der Waals surface area contributed by atoms with Gasteiger partial charge in [-0.15, -0.1) is 0 Å². The van der Waals surface area contributed by atoms with E-state index in [2.05, 4.69) is 20.4 Å². The molecule has 1 atom stereocenters. The van der Waals surface area contributed by atoms with Crippen LogP contribution in [0.3, 0.4) is 0 Å². The molecule has 2 aromatic rings. The van der Waals surface area contributed by atoms with Crippen molar-refractivity contribution in [1.29, 1.82) is 0 Å². The monoisotopic (exact) mass is 317 g/mol. The molecule has 0 radical (unpaired) electrons. The van der Waals surface area contributed by atoms with Gasteiger partial charge >= 0.3 is 0 Å². The number of carbonyl (C=O) groups is 1. The molecule has 23 heavy (non-hydrogen) atoms. The predicted molar refractivity (Wildman–Crippen MR) is 86.1 cm³/mol. The van der Waals surface area contributed by atoms with Crippen molar-refractivity contribution in [3.63, 3.8) is 0 Å². The lowest BCUT2D eigenvalue weighted by Crippen LogP contribution is -2.35. The van der Waals surface area contributed by atoms with Gasteiger partial charge in [-0.05, 0) is 26.8 Å². The maximum Gasteiger partial charge on any atom is 0.269 e. The molecule has 0 saturated carbocycles. The minimum Gasteiger partial charge on any atom is -0.380 e. The van der Waals surface area contributed by atoms with Crippen LogP contribution in [0.15, 0.2) is 24.7 Å². The summed E-state index contributed by atoms with van der Waals surface area (Å²) < 4.78 is 7.02. The Labute approximate surface area is 136 Å². The maximum absolute atomic E-state index is 12.5. The molecule has 1 amide bonds. The quantitative estimate of drug-likeness (QED) is 0.744. The Bertz CT molecular complexity index is 627. The van der Waals surface area contributed by atoms with Gasteiger partial charge in [0.05, 0.1) is 24.5 Å². The molecule has 0 bridgehead atoms. The van der Waals surface area contributed by atoms with Crippen molar-refractivity contribution < 1.29 is 9.53 Å². The fraction of sp³-hybridized carbons (Fsp3) is 0.500. The summed E-state index contributed by atoms with van der Waals surface area (Å²) in [5.74, 6) is -0.140. The summed E-state index contributed by atoms with van der Waals surface area (Å²) in [6.07, 6.45) is 5.62. The van der Waals surface area contributed by atoms with E-state index < -0.39 is 0 Å². The van der Waals surface area contributed by atoms with Crippen molar-refractivity contribution in [3.8, 4) is 0 Å². The second kappa shape index (κ2) is 8.38. The first kappa shape index (κ1) is 17.1. The molecule has 0 fully saturated rings. The number of rotatable bonds is 8. The maximum atomic E-state index is 12.5. The third kappa shape index (κ3) is 5.14. The van der Waals surface area contributed by atoms with Crippen LogP contribution in [0, 0.1) is 6.92 Å². The van der Waals surface area contributed by atoms with E-state index in [0.29, 0.717) is 31.9 Å². The van der Waals surface area contributed by atoms with Crippen LogP contribution in [0.1, 0.15) is 35.7 Å². The van der Waals surface area contributed by atoms with Gasteiger partial charge in [0.25, 0.3) is 5.91 Å². The number of aromatic nitrogens is 4. The molecule has 7 nitrogen and oxygen atoms in total.